The van der Waals surface area contributed by atoms with Crippen LogP contribution in [-0.2, 0) is 0 Å². The lowest BCUT2D eigenvalue weighted by atomic mass is 10.2. The maximum Gasteiger partial charge on any atom is 0.318 e. The molecule has 0 unspecified atom stereocenters. The predicted molar refractivity (Wildman–Crippen MR) is 93.9 cm³/mol. The van der Waals surface area contributed by atoms with Gasteiger partial charge in [0.1, 0.15) is 5.82 Å². The molecule has 0 aliphatic carbocycles. The molecule has 2 aromatic heterocycles. The average Bonchev–Trinajstić information content (AvgIpc) is 2.68. The first-order chi connectivity index (χ1) is 12.2. The van der Waals surface area contributed by atoms with Crippen molar-refractivity contribution in [1.82, 2.24) is 20.2 Å². The zero-order chi connectivity index (χ0) is 17.6. The Kier molecular flexibility index (Phi) is 5.09. The van der Waals surface area contributed by atoms with E-state index in [2.05, 4.69) is 26.3 Å². The van der Waals surface area contributed by atoms with Crippen LogP contribution in [-0.4, -0.2) is 47.1 Å². The highest BCUT2D eigenvalue weighted by Crippen LogP contribution is 2.15. The number of urea groups is 1. The van der Waals surface area contributed by atoms with Gasteiger partial charge in [-0.2, -0.15) is 5.26 Å². The number of aromatic nitrogens is 2. The van der Waals surface area contributed by atoms with E-state index in [1.54, 1.807) is 29.4 Å². The minimum atomic E-state index is -0.138. The lowest BCUT2D eigenvalue weighted by Crippen LogP contribution is -2.52. The van der Waals surface area contributed by atoms with E-state index in [9.17, 15) is 4.79 Å². The number of rotatable bonds is 3. The van der Waals surface area contributed by atoms with Crippen molar-refractivity contribution in [1.29, 1.82) is 5.26 Å². The summed E-state index contributed by atoms with van der Waals surface area (Å²) in [5.41, 5.74) is 1.43. The fourth-order valence-electron chi connectivity index (χ4n) is 2.78. The molecule has 2 aromatic rings. The molecule has 1 aliphatic heterocycles. The van der Waals surface area contributed by atoms with E-state index in [1.165, 1.54) is 0 Å². The van der Waals surface area contributed by atoms with Gasteiger partial charge in [0.25, 0.3) is 0 Å². The second-order valence-corrected chi connectivity index (χ2v) is 5.91. The van der Waals surface area contributed by atoms with Crippen LogP contribution in [0, 0.1) is 11.3 Å². The standard InChI is InChI=1S/C18H20N6O/c1-14(16-4-2-3-6-20-16)22-18(25)24-10-8-23(9-11-24)17-12-15(13-19)5-7-21-17/h2-7,12,14H,8-11H2,1H3,(H,22,25)/t14-/m1/s1. The van der Waals surface area contributed by atoms with E-state index in [1.807, 2.05) is 25.1 Å². The maximum atomic E-state index is 12.4. The molecule has 1 N–H and O–H groups in total. The molecule has 1 atom stereocenters. The normalized spacial score (nSPS) is 15.4. The Morgan fingerprint density at radius 3 is 2.68 bits per heavy atom. The molecule has 0 spiro atoms. The highest BCUT2D eigenvalue weighted by Gasteiger charge is 2.23. The molecule has 1 saturated heterocycles. The van der Waals surface area contributed by atoms with Crippen LogP contribution in [0.1, 0.15) is 24.2 Å². The molecule has 0 radical (unpaired) electrons. The first kappa shape index (κ1) is 16.7. The van der Waals surface area contributed by atoms with Gasteiger partial charge in [-0.3, -0.25) is 4.98 Å². The van der Waals surface area contributed by atoms with Gasteiger partial charge in [0.15, 0.2) is 0 Å². The minimum Gasteiger partial charge on any atom is -0.353 e. The molecule has 1 aliphatic rings. The van der Waals surface area contributed by atoms with Crippen molar-refractivity contribution in [3.8, 4) is 6.07 Å². The first-order valence-electron chi connectivity index (χ1n) is 8.25. The summed E-state index contributed by atoms with van der Waals surface area (Å²) in [6, 6.07) is 11.0. The van der Waals surface area contributed by atoms with E-state index in [-0.39, 0.29) is 12.1 Å². The van der Waals surface area contributed by atoms with Crippen molar-refractivity contribution in [2.45, 2.75) is 13.0 Å². The Labute approximate surface area is 146 Å². The third-order valence-electron chi connectivity index (χ3n) is 4.24. The Hall–Kier alpha value is -3.14. The number of nitrogens with one attached hydrogen (secondary N) is 1. The van der Waals surface area contributed by atoms with Crippen LogP contribution in [0.3, 0.4) is 0 Å². The summed E-state index contributed by atoms with van der Waals surface area (Å²) in [6.45, 7) is 4.52. The smallest absolute Gasteiger partial charge is 0.318 e. The molecule has 2 amide bonds. The van der Waals surface area contributed by atoms with Crippen LogP contribution < -0.4 is 10.2 Å². The molecule has 0 saturated carbocycles. The van der Waals surface area contributed by atoms with E-state index < -0.39 is 0 Å². The van der Waals surface area contributed by atoms with Crippen LogP contribution in [0.5, 0.6) is 0 Å². The molecular formula is C18H20N6O. The van der Waals surface area contributed by atoms with E-state index in [0.29, 0.717) is 31.7 Å². The van der Waals surface area contributed by atoms with Crippen LogP contribution in [0.25, 0.3) is 0 Å². The molecule has 0 aromatic carbocycles. The third-order valence-corrected chi connectivity index (χ3v) is 4.24. The van der Waals surface area contributed by atoms with E-state index >= 15 is 0 Å². The van der Waals surface area contributed by atoms with Crippen molar-refractivity contribution in [3.05, 3.63) is 54.0 Å². The third kappa shape index (κ3) is 4.04. The van der Waals surface area contributed by atoms with Crippen molar-refractivity contribution < 1.29 is 4.79 Å². The van der Waals surface area contributed by atoms with Crippen molar-refractivity contribution in [2.75, 3.05) is 31.1 Å². The molecule has 7 heteroatoms. The average molecular weight is 336 g/mol. The summed E-state index contributed by atoms with van der Waals surface area (Å²) >= 11 is 0. The molecular weight excluding hydrogens is 316 g/mol. The zero-order valence-corrected chi connectivity index (χ0v) is 14.1. The zero-order valence-electron chi connectivity index (χ0n) is 14.1. The second kappa shape index (κ2) is 7.62. The number of carbonyl (C=O) groups is 1. The molecule has 25 heavy (non-hydrogen) atoms. The summed E-state index contributed by atoms with van der Waals surface area (Å²) in [6.07, 6.45) is 3.36. The van der Waals surface area contributed by atoms with Gasteiger partial charge in [-0.15, -0.1) is 0 Å². The largest absolute Gasteiger partial charge is 0.353 e. The fraction of sp³-hybridized carbons (Fsp3) is 0.333. The summed E-state index contributed by atoms with van der Waals surface area (Å²) in [5.74, 6) is 0.779. The van der Waals surface area contributed by atoms with Crippen molar-refractivity contribution in [2.24, 2.45) is 0 Å². The Morgan fingerprint density at radius 2 is 2.00 bits per heavy atom. The highest BCUT2D eigenvalue weighted by molar-refractivity contribution is 5.75. The van der Waals surface area contributed by atoms with Gasteiger partial charge in [-0.05, 0) is 31.2 Å². The molecule has 1 fully saturated rings. The van der Waals surface area contributed by atoms with Crippen molar-refractivity contribution >= 4 is 11.8 Å². The number of pyridine rings is 2. The SMILES string of the molecule is C[C@@H](NC(=O)N1CCN(c2cc(C#N)ccn2)CC1)c1ccccn1. The van der Waals surface area contributed by atoms with Gasteiger partial charge < -0.3 is 15.1 Å². The van der Waals surface area contributed by atoms with Crippen molar-refractivity contribution in [3.63, 3.8) is 0 Å². The fourth-order valence-corrected chi connectivity index (χ4v) is 2.78. The molecule has 3 rings (SSSR count). The molecule has 3 heterocycles. The number of nitriles is 1. The van der Waals surface area contributed by atoms with Crippen LogP contribution in [0.15, 0.2) is 42.7 Å². The van der Waals surface area contributed by atoms with E-state index in [4.69, 9.17) is 5.26 Å². The van der Waals surface area contributed by atoms with Gasteiger partial charge in [-0.1, -0.05) is 6.07 Å². The first-order valence-corrected chi connectivity index (χ1v) is 8.25. The summed E-state index contributed by atoms with van der Waals surface area (Å²) in [4.78, 5) is 24.9. The topological polar surface area (TPSA) is 85.2 Å². The van der Waals surface area contributed by atoms with Crippen LogP contribution in [0.2, 0.25) is 0 Å². The monoisotopic (exact) mass is 336 g/mol. The summed E-state index contributed by atoms with van der Waals surface area (Å²) in [7, 11) is 0. The van der Waals surface area contributed by atoms with Gasteiger partial charge in [0.05, 0.1) is 23.4 Å². The maximum absolute atomic E-state index is 12.4. The summed E-state index contributed by atoms with van der Waals surface area (Å²) < 4.78 is 0. The Balaban J connectivity index is 1.55. The van der Waals surface area contributed by atoms with Gasteiger partial charge in [-0.25, -0.2) is 9.78 Å². The van der Waals surface area contributed by atoms with Gasteiger partial charge in [0, 0.05) is 38.6 Å². The molecule has 128 valence electrons. The molecule has 7 nitrogen and oxygen atoms in total. The minimum absolute atomic E-state index is 0.0865. The van der Waals surface area contributed by atoms with Crippen LogP contribution in [0.4, 0.5) is 10.6 Å². The predicted octanol–water partition coefficient (Wildman–Crippen LogP) is 1.94. The number of nitrogens with zero attached hydrogens (tertiary/aromatic N) is 5. The Bertz CT molecular complexity index is 765. The lowest BCUT2D eigenvalue weighted by Gasteiger charge is -2.35. The molecule has 0 bridgehead atoms. The lowest BCUT2D eigenvalue weighted by molar-refractivity contribution is 0.191. The van der Waals surface area contributed by atoms with Gasteiger partial charge in [0.2, 0.25) is 0 Å². The second-order valence-electron chi connectivity index (χ2n) is 5.91. The highest BCUT2D eigenvalue weighted by atomic mass is 16.2. The number of amides is 2. The number of hydrogen-bond acceptors (Lipinski definition) is 5. The number of carbonyl (C=O) groups excluding carboxylic acids is 1. The number of piperazine rings is 1. The quantitative estimate of drug-likeness (QED) is 0.926. The number of hydrogen-bond donors (Lipinski definition) is 1. The van der Waals surface area contributed by atoms with Gasteiger partial charge >= 0.3 is 6.03 Å². The number of anilines is 1. The Morgan fingerprint density at radius 1 is 1.20 bits per heavy atom. The van der Waals surface area contributed by atoms with E-state index in [0.717, 1.165) is 11.5 Å². The van der Waals surface area contributed by atoms with Crippen LogP contribution >= 0.6 is 0 Å². The summed E-state index contributed by atoms with van der Waals surface area (Å²) in [5, 5.41) is 12.0.